The second-order valence-corrected chi connectivity index (χ2v) is 6.08. The molecule has 0 spiro atoms. The normalized spacial score (nSPS) is 27.2. The largest absolute Gasteiger partial charge is 0.353 e. The standard InChI is InChI=1S/C14H29N5O/c1-17-8-9-18(2)13(11-17)10-16-14(20)12-19-6-3-4-15-5-7-19/h13,15H,3-12H2,1-2H3,(H,16,20). The number of carbonyl (C=O) groups is 1. The quantitative estimate of drug-likeness (QED) is 0.668. The molecule has 0 bridgehead atoms. The highest BCUT2D eigenvalue weighted by atomic mass is 16.2. The van der Waals surface area contributed by atoms with Gasteiger partial charge in [0, 0.05) is 45.3 Å². The summed E-state index contributed by atoms with van der Waals surface area (Å²) < 4.78 is 0. The van der Waals surface area contributed by atoms with E-state index in [0.29, 0.717) is 12.6 Å². The summed E-state index contributed by atoms with van der Waals surface area (Å²) in [5.74, 6) is 0.161. The fourth-order valence-electron chi connectivity index (χ4n) is 2.87. The fraction of sp³-hybridized carbons (Fsp3) is 0.929. The number of nitrogens with one attached hydrogen (secondary N) is 2. The van der Waals surface area contributed by atoms with Crippen molar-refractivity contribution >= 4 is 5.91 Å². The summed E-state index contributed by atoms with van der Waals surface area (Å²) in [6.07, 6.45) is 1.13. The van der Waals surface area contributed by atoms with Crippen LogP contribution in [0.4, 0.5) is 0 Å². The van der Waals surface area contributed by atoms with Crippen LogP contribution in [0.3, 0.4) is 0 Å². The Morgan fingerprint density at radius 2 is 2.05 bits per heavy atom. The van der Waals surface area contributed by atoms with Gasteiger partial charge in [0.1, 0.15) is 0 Å². The van der Waals surface area contributed by atoms with Crippen LogP contribution in [0.15, 0.2) is 0 Å². The maximum Gasteiger partial charge on any atom is 0.234 e. The molecule has 2 N–H and O–H groups in total. The molecule has 20 heavy (non-hydrogen) atoms. The monoisotopic (exact) mass is 283 g/mol. The maximum atomic E-state index is 12.0. The average molecular weight is 283 g/mol. The molecule has 1 atom stereocenters. The van der Waals surface area contributed by atoms with Crippen molar-refractivity contribution in [3.8, 4) is 0 Å². The highest BCUT2D eigenvalue weighted by Gasteiger charge is 2.22. The molecular formula is C14H29N5O. The van der Waals surface area contributed by atoms with E-state index in [1.165, 1.54) is 0 Å². The lowest BCUT2D eigenvalue weighted by Crippen LogP contribution is -2.55. The Balaban J connectivity index is 1.68. The first-order valence-electron chi connectivity index (χ1n) is 7.73. The summed E-state index contributed by atoms with van der Waals surface area (Å²) in [7, 11) is 4.29. The van der Waals surface area contributed by atoms with Crippen molar-refractivity contribution in [1.29, 1.82) is 0 Å². The van der Waals surface area contributed by atoms with Gasteiger partial charge in [-0.1, -0.05) is 0 Å². The molecule has 2 aliphatic rings. The average Bonchev–Trinajstić information content (AvgIpc) is 2.68. The highest BCUT2D eigenvalue weighted by Crippen LogP contribution is 2.04. The van der Waals surface area contributed by atoms with Crippen molar-refractivity contribution in [2.24, 2.45) is 0 Å². The zero-order chi connectivity index (χ0) is 14.4. The van der Waals surface area contributed by atoms with Gasteiger partial charge in [0.15, 0.2) is 0 Å². The first kappa shape index (κ1) is 15.7. The molecule has 2 heterocycles. The molecule has 0 aromatic rings. The predicted molar refractivity (Wildman–Crippen MR) is 80.9 cm³/mol. The predicted octanol–water partition coefficient (Wildman–Crippen LogP) is -1.36. The molecule has 2 aliphatic heterocycles. The van der Waals surface area contributed by atoms with Gasteiger partial charge in [0.05, 0.1) is 6.54 Å². The van der Waals surface area contributed by atoms with E-state index < -0.39 is 0 Å². The van der Waals surface area contributed by atoms with E-state index in [0.717, 1.165) is 58.8 Å². The van der Waals surface area contributed by atoms with Crippen LogP contribution >= 0.6 is 0 Å². The van der Waals surface area contributed by atoms with E-state index in [1.54, 1.807) is 0 Å². The number of amides is 1. The Labute approximate surface area is 122 Å². The van der Waals surface area contributed by atoms with Crippen LogP contribution in [-0.4, -0.2) is 99.6 Å². The van der Waals surface area contributed by atoms with Crippen LogP contribution in [-0.2, 0) is 4.79 Å². The maximum absolute atomic E-state index is 12.0. The molecule has 6 heteroatoms. The number of piperazine rings is 1. The Kier molecular flexibility index (Phi) is 6.22. The highest BCUT2D eigenvalue weighted by molar-refractivity contribution is 5.78. The molecule has 0 radical (unpaired) electrons. The van der Waals surface area contributed by atoms with Crippen LogP contribution < -0.4 is 10.6 Å². The number of nitrogens with zero attached hydrogens (tertiary/aromatic N) is 3. The molecule has 1 amide bonds. The third kappa shape index (κ3) is 5.01. The Morgan fingerprint density at radius 1 is 1.20 bits per heavy atom. The molecule has 6 nitrogen and oxygen atoms in total. The van der Waals surface area contributed by atoms with Crippen molar-refractivity contribution in [2.45, 2.75) is 12.5 Å². The van der Waals surface area contributed by atoms with Crippen molar-refractivity contribution in [1.82, 2.24) is 25.3 Å². The van der Waals surface area contributed by atoms with Gasteiger partial charge in [-0.25, -0.2) is 0 Å². The number of likely N-dealkylation sites (N-methyl/N-ethyl adjacent to an activating group) is 2. The van der Waals surface area contributed by atoms with Gasteiger partial charge in [-0.2, -0.15) is 0 Å². The smallest absolute Gasteiger partial charge is 0.234 e. The van der Waals surface area contributed by atoms with Gasteiger partial charge in [-0.15, -0.1) is 0 Å². The molecular weight excluding hydrogens is 254 g/mol. The molecule has 2 fully saturated rings. The first-order chi connectivity index (χ1) is 9.65. The molecule has 0 aromatic heterocycles. The van der Waals surface area contributed by atoms with Crippen LogP contribution in [0.25, 0.3) is 0 Å². The molecule has 1 unspecified atom stereocenters. The van der Waals surface area contributed by atoms with Crippen LogP contribution in [0.5, 0.6) is 0 Å². The van der Waals surface area contributed by atoms with E-state index in [-0.39, 0.29) is 5.91 Å². The number of hydrogen-bond donors (Lipinski definition) is 2. The van der Waals surface area contributed by atoms with Crippen molar-refractivity contribution < 1.29 is 4.79 Å². The van der Waals surface area contributed by atoms with Crippen molar-refractivity contribution in [3.05, 3.63) is 0 Å². The van der Waals surface area contributed by atoms with E-state index in [4.69, 9.17) is 0 Å². The fourth-order valence-corrected chi connectivity index (χ4v) is 2.87. The van der Waals surface area contributed by atoms with Crippen LogP contribution in [0.2, 0.25) is 0 Å². The number of carbonyl (C=O) groups excluding carboxylic acids is 1. The molecule has 2 rings (SSSR count). The Bertz CT molecular complexity index is 304. The summed E-state index contributed by atoms with van der Waals surface area (Å²) >= 11 is 0. The topological polar surface area (TPSA) is 50.9 Å². The third-order valence-electron chi connectivity index (χ3n) is 4.31. The summed E-state index contributed by atoms with van der Waals surface area (Å²) in [6, 6.07) is 0.434. The van der Waals surface area contributed by atoms with Gasteiger partial charge in [-0.05, 0) is 33.6 Å². The van der Waals surface area contributed by atoms with Crippen LogP contribution in [0.1, 0.15) is 6.42 Å². The zero-order valence-corrected chi connectivity index (χ0v) is 12.9. The minimum Gasteiger partial charge on any atom is -0.353 e. The van der Waals surface area contributed by atoms with Gasteiger partial charge >= 0.3 is 0 Å². The molecule has 116 valence electrons. The van der Waals surface area contributed by atoms with E-state index in [1.807, 2.05) is 0 Å². The van der Waals surface area contributed by atoms with Gasteiger partial charge in [-0.3, -0.25) is 14.6 Å². The molecule has 0 aliphatic carbocycles. The van der Waals surface area contributed by atoms with Crippen molar-refractivity contribution in [3.63, 3.8) is 0 Å². The number of rotatable bonds is 4. The summed E-state index contributed by atoms with van der Waals surface area (Å²) in [4.78, 5) is 19.0. The lowest BCUT2D eigenvalue weighted by Gasteiger charge is -2.37. The SMILES string of the molecule is CN1CCN(C)C(CNC(=O)CN2CCCNCC2)C1. The first-order valence-corrected chi connectivity index (χ1v) is 7.73. The molecule has 2 saturated heterocycles. The van der Waals surface area contributed by atoms with E-state index >= 15 is 0 Å². The lowest BCUT2D eigenvalue weighted by atomic mass is 10.2. The third-order valence-corrected chi connectivity index (χ3v) is 4.31. The van der Waals surface area contributed by atoms with Gasteiger partial charge in [0.25, 0.3) is 0 Å². The van der Waals surface area contributed by atoms with E-state index in [9.17, 15) is 4.79 Å². The second-order valence-electron chi connectivity index (χ2n) is 6.08. The minimum atomic E-state index is 0.161. The Hall–Kier alpha value is -0.690. The minimum absolute atomic E-state index is 0.161. The van der Waals surface area contributed by atoms with Crippen LogP contribution in [0, 0.1) is 0 Å². The Morgan fingerprint density at radius 3 is 2.90 bits per heavy atom. The van der Waals surface area contributed by atoms with Gasteiger partial charge < -0.3 is 15.5 Å². The van der Waals surface area contributed by atoms with Crippen molar-refractivity contribution in [2.75, 3.05) is 73.0 Å². The van der Waals surface area contributed by atoms with E-state index in [2.05, 4.69) is 39.4 Å². The summed E-state index contributed by atoms with van der Waals surface area (Å²) in [6.45, 7) is 8.56. The second kappa shape index (κ2) is 7.93. The molecule has 0 saturated carbocycles. The van der Waals surface area contributed by atoms with Gasteiger partial charge in [0.2, 0.25) is 5.91 Å². The summed E-state index contributed by atoms with van der Waals surface area (Å²) in [5.41, 5.74) is 0. The zero-order valence-electron chi connectivity index (χ0n) is 12.9. The number of hydrogen-bond acceptors (Lipinski definition) is 5. The molecule has 0 aromatic carbocycles. The lowest BCUT2D eigenvalue weighted by molar-refractivity contribution is -0.122. The summed E-state index contributed by atoms with van der Waals surface area (Å²) in [5, 5.41) is 6.46.